The molecule has 2 aromatic rings. The van der Waals surface area contributed by atoms with E-state index < -0.39 is 0 Å². The Balaban J connectivity index is 1.70. The number of nitrogens with zero attached hydrogens (tertiary/aromatic N) is 4. The van der Waals surface area contributed by atoms with Gasteiger partial charge in [0.05, 0.1) is 12.9 Å². The molecule has 61 heavy (non-hydrogen) atoms. The number of aromatic nitrogens is 4. The maximum atomic E-state index is 12.9. The summed E-state index contributed by atoms with van der Waals surface area (Å²) in [4.78, 5) is 51.0. The molecule has 11 heteroatoms. The minimum Gasteiger partial charge on any atom is -0.466 e. The van der Waals surface area contributed by atoms with Crippen molar-refractivity contribution < 1.29 is 19.1 Å². The fourth-order valence-electron chi connectivity index (χ4n) is 8.33. The molecule has 2 aromatic heterocycles. The Morgan fingerprint density at radius 3 is 1.64 bits per heavy atom. The van der Waals surface area contributed by atoms with E-state index in [9.17, 15) is 14.4 Å². The molecule has 11 nitrogen and oxygen atoms in total. The van der Waals surface area contributed by atoms with Gasteiger partial charge in [0.25, 0.3) is 5.56 Å². The van der Waals surface area contributed by atoms with Crippen molar-refractivity contribution in [3.63, 3.8) is 0 Å². The summed E-state index contributed by atoms with van der Waals surface area (Å²) < 4.78 is 13.5. The van der Waals surface area contributed by atoms with Crippen LogP contribution in [0.5, 0.6) is 0 Å². The Labute approximate surface area is 371 Å². The predicted octanol–water partition coefficient (Wildman–Crippen LogP) is 12.8. The second-order valence-electron chi connectivity index (χ2n) is 17.9. The molecule has 0 atom stereocenters. The summed E-state index contributed by atoms with van der Waals surface area (Å²) in [6.45, 7) is 11.1. The van der Waals surface area contributed by atoms with Gasteiger partial charge in [0.1, 0.15) is 6.10 Å². The molecule has 2 rings (SSSR count). The normalized spacial score (nSPS) is 11.7. The number of anilines is 1. The van der Waals surface area contributed by atoms with Gasteiger partial charge in [-0.1, -0.05) is 162 Å². The smallest absolute Gasteiger partial charge is 0.306 e. The van der Waals surface area contributed by atoms with Gasteiger partial charge in [0.15, 0.2) is 11.2 Å². The van der Waals surface area contributed by atoms with Crippen molar-refractivity contribution in [3.8, 4) is 0 Å². The highest BCUT2D eigenvalue weighted by Crippen LogP contribution is 2.19. The number of unbranched alkanes of at least 4 members (excludes halogenated alkanes) is 24. The molecule has 0 aliphatic rings. The van der Waals surface area contributed by atoms with E-state index in [0.717, 1.165) is 116 Å². The molecular weight excluding hydrogens is 765 g/mol. The highest BCUT2D eigenvalue weighted by molar-refractivity contribution is 5.70. The Morgan fingerprint density at radius 2 is 1.08 bits per heavy atom. The van der Waals surface area contributed by atoms with Crippen LogP contribution in [0, 0.1) is 0 Å². The van der Waals surface area contributed by atoms with Crippen LogP contribution in [0.4, 0.5) is 5.95 Å². The number of aromatic amines is 1. The number of nitrogens with two attached hydrogens (primary N) is 1. The van der Waals surface area contributed by atoms with Crippen molar-refractivity contribution >= 4 is 29.1 Å². The van der Waals surface area contributed by atoms with E-state index >= 15 is 0 Å². The first kappa shape index (κ1) is 54.2. The minimum absolute atomic E-state index is 0.0000377. The van der Waals surface area contributed by atoms with E-state index in [0.29, 0.717) is 37.2 Å². The average Bonchev–Trinajstić information content (AvgIpc) is 3.65. The number of nitrogens with one attached hydrogen (secondary N) is 1. The van der Waals surface area contributed by atoms with Gasteiger partial charge in [-0.15, -0.1) is 0 Å². The summed E-state index contributed by atoms with van der Waals surface area (Å²) >= 11 is 0. The lowest BCUT2D eigenvalue weighted by Gasteiger charge is -2.22. The van der Waals surface area contributed by atoms with Crippen LogP contribution < -0.4 is 11.3 Å². The van der Waals surface area contributed by atoms with Gasteiger partial charge >= 0.3 is 11.9 Å². The fraction of sp³-hybridized carbons (Fsp3) is 0.860. The first-order chi connectivity index (χ1) is 29.9. The van der Waals surface area contributed by atoms with Gasteiger partial charge in [-0.25, -0.2) is 4.98 Å². The molecule has 0 fully saturated rings. The maximum absolute atomic E-state index is 12.9. The lowest BCUT2D eigenvalue weighted by molar-refractivity contribution is -0.150. The number of nitrogen functional groups attached to an aromatic ring is 1. The van der Waals surface area contributed by atoms with Gasteiger partial charge in [0, 0.05) is 19.4 Å². The van der Waals surface area contributed by atoms with E-state index in [4.69, 9.17) is 15.2 Å². The lowest BCUT2D eigenvalue weighted by Crippen LogP contribution is -2.28. The predicted molar refractivity (Wildman–Crippen MR) is 254 cm³/mol. The Bertz CT molecular complexity index is 1400. The van der Waals surface area contributed by atoms with Crippen molar-refractivity contribution in [1.29, 1.82) is 0 Å². The Hall–Kier alpha value is -2.95. The topological polar surface area (TPSA) is 145 Å². The maximum Gasteiger partial charge on any atom is 0.306 e. The Morgan fingerprint density at radius 1 is 0.623 bits per heavy atom. The van der Waals surface area contributed by atoms with Gasteiger partial charge in [-0.2, -0.15) is 4.98 Å². The van der Waals surface area contributed by atoms with Crippen molar-refractivity contribution in [2.75, 3.05) is 32.0 Å². The molecule has 0 unspecified atom stereocenters. The van der Waals surface area contributed by atoms with Gasteiger partial charge in [0.2, 0.25) is 5.95 Å². The van der Waals surface area contributed by atoms with Crippen molar-refractivity contribution in [1.82, 2.24) is 24.4 Å². The van der Waals surface area contributed by atoms with Gasteiger partial charge in [-0.05, 0) is 83.8 Å². The molecule has 2 heterocycles. The highest BCUT2D eigenvalue weighted by atomic mass is 16.5. The van der Waals surface area contributed by atoms with Crippen LogP contribution in [0.1, 0.15) is 239 Å². The number of rotatable bonds is 43. The van der Waals surface area contributed by atoms with Crippen molar-refractivity contribution in [3.05, 3.63) is 16.7 Å². The molecule has 0 saturated heterocycles. The van der Waals surface area contributed by atoms with Crippen molar-refractivity contribution in [2.45, 2.75) is 252 Å². The van der Waals surface area contributed by atoms with E-state index in [2.05, 4.69) is 40.6 Å². The molecular formula is C50H92N6O5. The fourth-order valence-corrected chi connectivity index (χ4v) is 8.33. The molecule has 0 spiro atoms. The van der Waals surface area contributed by atoms with E-state index in [-0.39, 0.29) is 29.6 Å². The average molecular weight is 857 g/mol. The Kier molecular flexibility index (Phi) is 33.4. The molecule has 3 N–H and O–H groups in total. The van der Waals surface area contributed by atoms with Crippen LogP contribution in [-0.4, -0.2) is 68.7 Å². The standard InChI is InChI=1S/C50H92N6O5/c1-4-7-10-13-16-25-32-42-60-45(57)36-28-21-17-23-30-38-55(40-33-41-56-43-52-47-48(56)53-50(51)54-49(47)59)39-31-24-18-22-29-37-46(58)61-44(34-26-19-14-11-8-5-2)35-27-20-15-12-9-6-3/h43-44H,4-42H2,1-3H3,(H3,51,53,54,59). The number of fused-ring (bicyclic) bond motifs is 1. The van der Waals surface area contributed by atoms with Gasteiger partial charge < -0.3 is 24.7 Å². The molecule has 0 amide bonds. The zero-order valence-corrected chi connectivity index (χ0v) is 39.6. The monoisotopic (exact) mass is 857 g/mol. The van der Waals surface area contributed by atoms with Crippen LogP contribution in [0.2, 0.25) is 0 Å². The summed E-state index contributed by atoms with van der Waals surface area (Å²) in [5.74, 6) is 0.0610. The first-order valence-corrected chi connectivity index (χ1v) is 25.7. The number of imidazole rings is 1. The van der Waals surface area contributed by atoms with E-state index in [1.54, 1.807) is 6.33 Å². The number of hydrogen-bond donors (Lipinski definition) is 2. The number of ether oxygens (including phenoxy) is 2. The molecule has 0 aliphatic heterocycles. The second-order valence-corrected chi connectivity index (χ2v) is 17.9. The van der Waals surface area contributed by atoms with E-state index in [1.807, 2.05) is 4.57 Å². The summed E-state index contributed by atoms with van der Waals surface area (Å²) in [5.41, 5.74) is 6.37. The number of H-pyrrole nitrogens is 1. The van der Waals surface area contributed by atoms with Gasteiger partial charge in [-0.3, -0.25) is 19.4 Å². The summed E-state index contributed by atoms with van der Waals surface area (Å²) in [6, 6.07) is 0. The quantitative estimate of drug-likeness (QED) is 0.0491. The third-order valence-electron chi connectivity index (χ3n) is 12.1. The molecule has 0 bridgehead atoms. The highest BCUT2D eigenvalue weighted by Gasteiger charge is 2.15. The molecule has 0 aliphatic carbocycles. The third-order valence-corrected chi connectivity index (χ3v) is 12.1. The van der Waals surface area contributed by atoms with E-state index in [1.165, 1.54) is 109 Å². The van der Waals surface area contributed by atoms with Crippen LogP contribution >= 0.6 is 0 Å². The summed E-state index contributed by atoms with van der Waals surface area (Å²) in [5, 5.41) is 0. The first-order valence-electron chi connectivity index (χ1n) is 25.7. The zero-order chi connectivity index (χ0) is 44.0. The van der Waals surface area contributed by atoms with Crippen molar-refractivity contribution in [2.24, 2.45) is 0 Å². The number of aryl methyl sites for hydroxylation is 1. The van der Waals surface area contributed by atoms with Crippen LogP contribution in [-0.2, 0) is 25.6 Å². The summed E-state index contributed by atoms with van der Waals surface area (Å²) in [7, 11) is 0. The lowest BCUT2D eigenvalue weighted by atomic mass is 10.0. The zero-order valence-electron chi connectivity index (χ0n) is 39.6. The molecule has 0 aromatic carbocycles. The van der Waals surface area contributed by atoms with Crippen LogP contribution in [0.15, 0.2) is 11.1 Å². The van der Waals surface area contributed by atoms with Crippen LogP contribution in [0.3, 0.4) is 0 Å². The minimum atomic E-state index is -0.309. The number of hydrogen-bond acceptors (Lipinski definition) is 9. The summed E-state index contributed by atoms with van der Waals surface area (Å²) in [6.07, 6.45) is 40.3. The molecule has 0 radical (unpaired) electrons. The largest absolute Gasteiger partial charge is 0.466 e. The SMILES string of the molecule is CCCCCCCCCOC(=O)CCCCCCCN(CCCCCCCC(=O)OC(CCCCCCCC)CCCCCCCC)CCCn1cnc2c(=O)[nH]c(N)nc21. The number of carbonyl (C=O) groups excluding carboxylic acids is 2. The second kappa shape index (κ2) is 37.6. The van der Waals surface area contributed by atoms with Crippen LogP contribution in [0.25, 0.3) is 11.2 Å². The molecule has 352 valence electrons. The number of esters is 2. The number of carbonyl (C=O) groups is 2. The third kappa shape index (κ3) is 28.4. The molecule has 0 saturated carbocycles.